The van der Waals surface area contributed by atoms with Gasteiger partial charge >= 0.3 is 0 Å². The van der Waals surface area contributed by atoms with Crippen molar-refractivity contribution in [2.24, 2.45) is 0 Å². The number of hydrogen-bond acceptors (Lipinski definition) is 8. The summed E-state index contributed by atoms with van der Waals surface area (Å²) in [7, 11) is 3.09. The van der Waals surface area contributed by atoms with Crippen LogP contribution in [0.3, 0.4) is 0 Å². The molecule has 3 aromatic rings. The van der Waals surface area contributed by atoms with Crippen molar-refractivity contribution in [2.75, 3.05) is 51.3 Å². The minimum atomic E-state index is 0.174. The molecule has 2 aliphatic rings. The highest BCUT2D eigenvalue weighted by Gasteiger charge is 2.24. The second kappa shape index (κ2) is 10.00. The van der Waals surface area contributed by atoms with Gasteiger partial charge in [-0.1, -0.05) is 23.2 Å². The Labute approximate surface area is 207 Å². The Kier molecular flexibility index (Phi) is 6.83. The van der Waals surface area contributed by atoms with Crippen LogP contribution < -0.4 is 20.1 Å². The number of aromatic nitrogens is 2. The Morgan fingerprint density at radius 3 is 2.29 bits per heavy atom. The number of pyridine rings is 2. The van der Waals surface area contributed by atoms with Gasteiger partial charge in [-0.3, -0.25) is 0 Å². The van der Waals surface area contributed by atoms with E-state index in [1.165, 1.54) is 0 Å². The summed E-state index contributed by atoms with van der Waals surface area (Å²) in [5.74, 6) is 2.40. The highest BCUT2D eigenvalue weighted by molar-refractivity contribution is 6.41. The molecule has 10 heteroatoms. The Bertz CT molecular complexity index is 1170. The fourth-order valence-electron chi connectivity index (χ4n) is 4.15. The average molecular weight is 505 g/mol. The van der Waals surface area contributed by atoms with Gasteiger partial charge in [-0.25, -0.2) is 9.97 Å². The Balaban J connectivity index is 1.61. The molecule has 1 aromatic carbocycles. The molecule has 0 amide bonds. The third-order valence-corrected chi connectivity index (χ3v) is 6.79. The summed E-state index contributed by atoms with van der Waals surface area (Å²) in [5.41, 5.74) is 1.13. The number of rotatable bonds is 7. The first kappa shape index (κ1) is 23.2. The van der Waals surface area contributed by atoms with Gasteiger partial charge in [0.15, 0.2) is 0 Å². The molecule has 2 saturated heterocycles. The molecule has 2 aromatic heterocycles. The number of halogens is 2. The van der Waals surface area contributed by atoms with E-state index in [4.69, 9.17) is 47.1 Å². The Morgan fingerprint density at radius 1 is 0.941 bits per heavy atom. The molecule has 2 aliphatic heterocycles. The van der Waals surface area contributed by atoms with Crippen molar-refractivity contribution < 1.29 is 18.9 Å². The van der Waals surface area contributed by atoms with Crippen LogP contribution in [0.1, 0.15) is 12.8 Å². The van der Waals surface area contributed by atoms with Gasteiger partial charge in [0.2, 0.25) is 0 Å². The summed E-state index contributed by atoms with van der Waals surface area (Å²) in [6, 6.07) is 6.01. The molecule has 1 atom stereocenters. The topological polar surface area (TPSA) is 86.8 Å². The number of hydrogen-bond donors (Lipinski definition) is 2. The molecule has 8 nitrogen and oxygen atoms in total. The fourth-order valence-corrected chi connectivity index (χ4v) is 4.84. The molecule has 5 rings (SSSR count). The van der Waals surface area contributed by atoms with Crippen molar-refractivity contribution >= 4 is 45.6 Å². The van der Waals surface area contributed by atoms with Crippen LogP contribution in [-0.4, -0.2) is 62.7 Å². The summed E-state index contributed by atoms with van der Waals surface area (Å²) < 4.78 is 21.8. The zero-order valence-electron chi connectivity index (χ0n) is 19.0. The van der Waals surface area contributed by atoms with Crippen molar-refractivity contribution in [1.82, 2.24) is 9.97 Å². The average Bonchev–Trinajstić information content (AvgIpc) is 2.82. The molecule has 0 aliphatic carbocycles. The number of benzene rings is 1. The van der Waals surface area contributed by atoms with Crippen molar-refractivity contribution in [3.63, 3.8) is 0 Å². The summed E-state index contributed by atoms with van der Waals surface area (Å²) in [5, 5.41) is 9.54. The van der Waals surface area contributed by atoms with E-state index in [0.717, 1.165) is 36.0 Å². The lowest BCUT2D eigenvalue weighted by molar-refractivity contribution is 0.0210. The van der Waals surface area contributed by atoms with Crippen molar-refractivity contribution in [3.05, 3.63) is 34.4 Å². The van der Waals surface area contributed by atoms with Gasteiger partial charge in [0.1, 0.15) is 23.1 Å². The van der Waals surface area contributed by atoms with Crippen molar-refractivity contribution in [3.8, 4) is 22.8 Å². The number of nitrogens with one attached hydrogen (secondary N) is 2. The van der Waals surface area contributed by atoms with Crippen LogP contribution in [0.15, 0.2) is 24.4 Å². The molecular formula is C24H26Cl2N4O4. The van der Waals surface area contributed by atoms with Gasteiger partial charge in [0.05, 0.1) is 61.9 Å². The molecule has 4 heterocycles. The van der Waals surface area contributed by atoms with E-state index in [0.29, 0.717) is 58.4 Å². The van der Waals surface area contributed by atoms with Crippen LogP contribution in [0.25, 0.3) is 22.0 Å². The molecule has 180 valence electrons. The summed E-state index contributed by atoms with van der Waals surface area (Å²) in [4.78, 5) is 9.57. The third-order valence-electron chi connectivity index (χ3n) is 6.04. The number of anilines is 2. The zero-order valence-corrected chi connectivity index (χ0v) is 20.5. The first-order valence-corrected chi connectivity index (χ1v) is 11.9. The van der Waals surface area contributed by atoms with Crippen molar-refractivity contribution in [2.45, 2.75) is 24.9 Å². The minimum Gasteiger partial charge on any atom is -0.495 e. The van der Waals surface area contributed by atoms with Gasteiger partial charge in [0, 0.05) is 35.2 Å². The normalized spacial score (nSPS) is 18.4. The Morgan fingerprint density at radius 2 is 1.68 bits per heavy atom. The second-order valence-electron chi connectivity index (χ2n) is 8.37. The first-order chi connectivity index (χ1) is 16.6. The maximum absolute atomic E-state index is 6.68. The lowest BCUT2D eigenvalue weighted by atomic mass is 10.1. The SMILES string of the molecule is COc1cc(OC)c(Cl)c(-c2cc3cnc(NC4CCCOC4)cc3c(NC3COC3)n2)c1Cl. The Hall–Kier alpha value is -2.52. The maximum Gasteiger partial charge on any atom is 0.141 e. The van der Waals surface area contributed by atoms with E-state index in [9.17, 15) is 0 Å². The molecule has 0 radical (unpaired) electrons. The van der Waals surface area contributed by atoms with Gasteiger partial charge in [-0.2, -0.15) is 0 Å². The molecular weight excluding hydrogens is 479 g/mol. The van der Waals surface area contributed by atoms with E-state index < -0.39 is 0 Å². The molecule has 0 spiro atoms. The fraction of sp³-hybridized carbons (Fsp3) is 0.417. The largest absolute Gasteiger partial charge is 0.495 e. The summed E-state index contributed by atoms with van der Waals surface area (Å²) in [6.45, 7) is 2.73. The van der Waals surface area contributed by atoms with E-state index in [2.05, 4.69) is 15.6 Å². The van der Waals surface area contributed by atoms with Crippen LogP contribution in [-0.2, 0) is 9.47 Å². The lowest BCUT2D eigenvalue weighted by Crippen LogP contribution is -2.40. The van der Waals surface area contributed by atoms with Crippen LogP contribution in [0.4, 0.5) is 11.6 Å². The van der Waals surface area contributed by atoms with Crippen LogP contribution in [0.5, 0.6) is 11.5 Å². The molecule has 0 bridgehead atoms. The standard InChI is InChI=1S/C24H26Cl2N4O4/c1-31-18-8-19(32-2)23(26)21(22(18)25)17-6-13-9-27-20(28-14-4-3-5-33-10-14)7-16(13)24(30-17)29-15-11-34-12-15/h6-9,14-15H,3-5,10-12H2,1-2H3,(H,27,28)(H,29,30). The van der Waals surface area contributed by atoms with Gasteiger partial charge < -0.3 is 29.6 Å². The lowest BCUT2D eigenvalue weighted by Gasteiger charge is -2.28. The van der Waals surface area contributed by atoms with E-state index >= 15 is 0 Å². The monoisotopic (exact) mass is 504 g/mol. The van der Waals surface area contributed by atoms with E-state index in [1.807, 2.05) is 18.3 Å². The van der Waals surface area contributed by atoms with Gasteiger partial charge in [0.25, 0.3) is 0 Å². The summed E-state index contributed by atoms with van der Waals surface area (Å²) >= 11 is 13.4. The highest BCUT2D eigenvalue weighted by Crippen LogP contribution is 2.46. The molecule has 34 heavy (non-hydrogen) atoms. The quantitative estimate of drug-likeness (QED) is 0.463. The number of methoxy groups -OCH3 is 2. The van der Waals surface area contributed by atoms with Gasteiger partial charge in [-0.05, 0) is 25.0 Å². The molecule has 2 N–H and O–H groups in total. The minimum absolute atomic E-state index is 0.174. The van der Waals surface area contributed by atoms with E-state index in [1.54, 1.807) is 20.3 Å². The second-order valence-corrected chi connectivity index (χ2v) is 9.12. The van der Waals surface area contributed by atoms with Gasteiger partial charge in [-0.15, -0.1) is 0 Å². The number of ether oxygens (including phenoxy) is 4. The molecule has 1 unspecified atom stereocenters. The van der Waals surface area contributed by atoms with Crippen molar-refractivity contribution in [1.29, 1.82) is 0 Å². The van der Waals surface area contributed by atoms with E-state index in [-0.39, 0.29) is 12.1 Å². The third kappa shape index (κ3) is 4.55. The molecule has 2 fully saturated rings. The predicted molar refractivity (Wildman–Crippen MR) is 134 cm³/mol. The smallest absolute Gasteiger partial charge is 0.141 e. The zero-order chi connectivity index (χ0) is 23.7. The van der Waals surface area contributed by atoms with Crippen LogP contribution >= 0.6 is 23.2 Å². The first-order valence-electron chi connectivity index (χ1n) is 11.2. The maximum atomic E-state index is 6.68. The number of nitrogens with zero attached hydrogens (tertiary/aromatic N) is 2. The molecule has 0 saturated carbocycles. The predicted octanol–water partition coefficient (Wildman–Crippen LogP) is 5.02. The summed E-state index contributed by atoms with van der Waals surface area (Å²) in [6.07, 6.45) is 3.92. The number of fused-ring (bicyclic) bond motifs is 1. The highest BCUT2D eigenvalue weighted by atomic mass is 35.5. The van der Waals surface area contributed by atoms with Crippen LogP contribution in [0.2, 0.25) is 10.0 Å². The van der Waals surface area contributed by atoms with Crippen LogP contribution in [0, 0.1) is 0 Å².